The van der Waals surface area contributed by atoms with Gasteiger partial charge in [0.1, 0.15) is 0 Å². The van der Waals surface area contributed by atoms with Crippen molar-refractivity contribution in [1.29, 1.82) is 0 Å². The second-order valence-corrected chi connectivity index (χ2v) is 5.68. The molecule has 1 heterocycles. The Kier molecular flexibility index (Phi) is 5.23. The van der Waals surface area contributed by atoms with Gasteiger partial charge in [-0.2, -0.15) is 4.98 Å². The molecule has 0 spiro atoms. The lowest BCUT2D eigenvalue weighted by atomic mass is 10.2. The van der Waals surface area contributed by atoms with Gasteiger partial charge in [-0.05, 0) is 30.7 Å². The van der Waals surface area contributed by atoms with E-state index in [2.05, 4.69) is 15.5 Å². The van der Waals surface area contributed by atoms with Crippen LogP contribution in [0.25, 0.3) is 11.4 Å². The Morgan fingerprint density at radius 3 is 2.58 bits per heavy atom. The first-order chi connectivity index (χ1) is 11.7. The summed E-state index contributed by atoms with van der Waals surface area (Å²) in [4.78, 5) is 16.3. The molecule has 1 amide bonds. The standard InChI is InChI=1S/C18H16ClN3O2/c19-15-10-8-14(9-11-15)18(23)20-12-4-7-16-21-17(22-24-16)13-5-2-1-3-6-13/h1-3,5-6,8-11H,4,7,12H2,(H,20,23). The fraction of sp³-hybridized carbons (Fsp3) is 0.167. The van der Waals surface area contributed by atoms with Gasteiger partial charge >= 0.3 is 0 Å². The molecule has 3 rings (SSSR count). The van der Waals surface area contributed by atoms with E-state index in [1.54, 1.807) is 24.3 Å². The van der Waals surface area contributed by atoms with E-state index < -0.39 is 0 Å². The van der Waals surface area contributed by atoms with Crippen molar-refractivity contribution in [2.75, 3.05) is 6.54 Å². The lowest BCUT2D eigenvalue weighted by Crippen LogP contribution is -2.24. The van der Waals surface area contributed by atoms with Gasteiger partial charge in [-0.25, -0.2) is 0 Å². The van der Waals surface area contributed by atoms with Crippen LogP contribution in [0.4, 0.5) is 0 Å². The van der Waals surface area contributed by atoms with E-state index in [-0.39, 0.29) is 5.91 Å². The summed E-state index contributed by atoms with van der Waals surface area (Å²) >= 11 is 5.80. The number of aromatic nitrogens is 2. The van der Waals surface area contributed by atoms with E-state index in [9.17, 15) is 4.79 Å². The molecular weight excluding hydrogens is 326 g/mol. The van der Waals surface area contributed by atoms with Crippen LogP contribution in [0.3, 0.4) is 0 Å². The minimum Gasteiger partial charge on any atom is -0.352 e. The molecule has 5 nitrogen and oxygen atoms in total. The maximum atomic E-state index is 12.0. The number of halogens is 1. The molecule has 0 radical (unpaired) electrons. The molecule has 0 saturated heterocycles. The van der Waals surface area contributed by atoms with Gasteiger partial charge in [0.15, 0.2) is 0 Å². The van der Waals surface area contributed by atoms with Gasteiger partial charge in [0, 0.05) is 29.1 Å². The maximum absolute atomic E-state index is 12.0. The van der Waals surface area contributed by atoms with Crippen LogP contribution >= 0.6 is 11.6 Å². The Balaban J connectivity index is 1.46. The van der Waals surface area contributed by atoms with E-state index in [0.29, 0.717) is 35.3 Å². The third-order valence-electron chi connectivity index (χ3n) is 3.46. The average molecular weight is 342 g/mol. The van der Waals surface area contributed by atoms with Crippen LogP contribution in [0, 0.1) is 0 Å². The topological polar surface area (TPSA) is 68.0 Å². The largest absolute Gasteiger partial charge is 0.352 e. The highest BCUT2D eigenvalue weighted by Gasteiger charge is 2.09. The zero-order chi connectivity index (χ0) is 16.8. The van der Waals surface area contributed by atoms with Crippen LogP contribution in [0.15, 0.2) is 59.1 Å². The molecule has 1 N–H and O–H groups in total. The van der Waals surface area contributed by atoms with E-state index in [1.807, 2.05) is 30.3 Å². The van der Waals surface area contributed by atoms with Gasteiger partial charge in [0.05, 0.1) is 0 Å². The van der Waals surface area contributed by atoms with Crippen LogP contribution in [-0.2, 0) is 6.42 Å². The minimum absolute atomic E-state index is 0.123. The molecule has 0 fully saturated rings. The van der Waals surface area contributed by atoms with Crippen molar-refractivity contribution in [3.8, 4) is 11.4 Å². The molecule has 0 bridgehead atoms. The Bertz CT molecular complexity index is 801. The molecule has 0 aliphatic carbocycles. The molecule has 0 unspecified atom stereocenters. The number of carbonyl (C=O) groups is 1. The molecule has 24 heavy (non-hydrogen) atoms. The summed E-state index contributed by atoms with van der Waals surface area (Å²) in [7, 11) is 0. The summed E-state index contributed by atoms with van der Waals surface area (Å²) < 4.78 is 5.24. The van der Waals surface area contributed by atoms with Crippen molar-refractivity contribution in [3.05, 3.63) is 71.1 Å². The molecule has 0 atom stereocenters. The average Bonchev–Trinajstić information content (AvgIpc) is 3.09. The van der Waals surface area contributed by atoms with E-state index in [4.69, 9.17) is 16.1 Å². The summed E-state index contributed by atoms with van der Waals surface area (Å²) in [5.41, 5.74) is 1.51. The maximum Gasteiger partial charge on any atom is 0.251 e. The van der Waals surface area contributed by atoms with Crippen LogP contribution in [0.1, 0.15) is 22.7 Å². The number of aryl methyl sites for hydroxylation is 1. The summed E-state index contributed by atoms with van der Waals surface area (Å²) in [5, 5.41) is 7.43. The second kappa shape index (κ2) is 7.75. The smallest absolute Gasteiger partial charge is 0.251 e. The minimum atomic E-state index is -0.123. The van der Waals surface area contributed by atoms with Gasteiger partial charge in [-0.15, -0.1) is 0 Å². The number of nitrogens with zero attached hydrogens (tertiary/aromatic N) is 2. The number of carbonyl (C=O) groups excluding carboxylic acids is 1. The Hall–Kier alpha value is -2.66. The SMILES string of the molecule is O=C(NCCCc1nc(-c2ccccc2)no1)c1ccc(Cl)cc1. The summed E-state index contributed by atoms with van der Waals surface area (Å²) in [6.07, 6.45) is 1.33. The van der Waals surface area contributed by atoms with Gasteiger partial charge in [-0.3, -0.25) is 4.79 Å². The molecule has 6 heteroatoms. The predicted molar refractivity (Wildman–Crippen MR) is 91.8 cm³/mol. The Morgan fingerprint density at radius 1 is 1.08 bits per heavy atom. The first-order valence-electron chi connectivity index (χ1n) is 7.64. The van der Waals surface area contributed by atoms with Crippen molar-refractivity contribution in [2.24, 2.45) is 0 Å². The second-order valence-electron chi connectivity index (χ2n) is 5.24. The van der Waals surface area contributed by atoms with Crippen LogP contribution in [-0.4, -0.2) is 22.6 Å². The predicted octanol–water partition coefficient (Wildman–Crippen LogP) is 3.75. The van der Waals surface area contributed by atoms with Crippen molar-refractivity contribution in [2.45, 2.75) is 12.8 Å². The third kappa shape index (κ3) is 4.20. The fourth-order valence-corrected chi connectivity index (χ4v) is 2.33. The molecule has 0 aliphatic rings. The molecule has 1 aromatic heterocycles. The normalized spacial score (nSPS) is 10.5. The molecule has 3 aromatic rings. The quantitative estimate of drug-likeness (QED) is 0.693. The van der Waals surface area contributed by atoms with Crippen LogP contribution < -0.4 is 5.32 Å². The van der Waals surface area contributed by atoms with Gasteiger partial charge in [0.2, 0.25) is 11.7 Å². The fourth-order valence-electron chi connectivity index (χ4n) is 2.21. The highest BCUT2D eigenvalue weighted by molar-refractivity contribution is 6.30. The summed E-state index contributed by atoms with van der Waals surface area (Å²) in [5.74, 6) is 1.02. The van der Waals surface area contributed by atoms with Crippen molar-refractivity contribution in [1.82, 2.24) is 15.5 Å². The number of benzene rings is 2. The summed E-state index contributed by atoms with van der Waals surface area (Å²) in [6.45, 7) is 0.532. The summed E-state index contributed by atoms with van der Waals surface area (Å²) in [6, 6.07) is 16.4. The van der Waals surface area contributed by atoms with Crippen molar-refractivity contribution < 1.29 is 9.32 Å². The number of rotatable bonds is 6. The highest BCUT2D eigenvalue weighted by Crippen LogP contribution is 2.15. The zero-order valence-corrected chi connectivity index (χ0v) is 13.7. The van der Waals surface area contributed by atoms with E-state index in [0.717, 1.165) is 12.0 Å². The lowest BCUT2D eigenvalue weighted by Gasteiger charge is -2.04. The van der Waals surface area contributed by atoms with Gasteiger partial charge in [-0.1, -0.05) is 47.1 Å². The first-order valence-corrected chi connectivity index (χ1v) is 8.02. The van der Waals surface area contributed by atoms with Crippen molar-refractivity contribution in [3.63, 3.8) is 0 Å². The number of hydrogen-bond donors (Lipinski definition) is 1. The Morgan fingerprint density at radius 2 is 1.83 bits per heavy atom. The van der Waals surface area contributed by atoms with Gasteiger partial charge < -0.3 is 9.84 Å². The van der Waals surface area contributed by atoms with Crippen LogP contribution in [0.5, 0.6) is 0 Å². The third-order valence-corrected chi connectivity index (χ3v) is 3.71. The monoisotopic (exact) mass is 341 g/mol. The highest BCUT2D eigenvalue weighted by atomic mass is 35.5. The van der Waals surface area contributed by atoms with E-state index in [1.165, 1.54) is 0 Å². The molecule has 0 saturated carbocycles. The Labute approximate surface area is 144 Å². The number of nitrogens with one attached hydrogen (secondary N) is 1. The van der Waals surface area contributed by atoms with Crippen LogP contribution in [0.2, 0.25) is 5.02 Å². The first kappa shape index (κ1) is 16.2. The number of hydrogen-bond acceptors (Lipinski definition) is 4. The zero-order valence-electron chi connectivity index (χ0n) is 12.9. The molecule has 0 aliphatic heterocycles. The van der Waals surface area contributed by atoms with Gasteiger partial charge in [0.25, 0.3) is 5.91 Å². The van der Waals surface area contributed by atoms with Crippen molar-refractivity contribution >= 4 is 17.5 Å². The molecular formula is C18H16ClN3O2. The number of amides is 1. The molecule has 2 aromatic carbocycles. The van der Waals surface area contributed by atoms with E-state index >= 15 is 0 Å². The lowest BCUT2D eigenvalue weighted by molar-refractivity contribution is 0.0953. The molecule has 122 valence electrons.